The van der Waals surface area contributed by atoms with Gasteiger partial charge in [0, 0.05) is 24.1 Å². The van der Waals surface area contributed by atoms with Crippen molar-refractivity contribution in [2.75, 3.05) is 17.7 Å². The highest BCUT2D eigenvalue weighted by atomic mass is 16.5. The highest BCUT2D eigenvalue weighted by molar-refractivity contribution is 6.04. The summed E-state index contributed by atoms with van der Waals surface area (Å²) < 4.78 is 5.16. The predicted molar refractivity (Wildman–Crippen MR) is 97.4 cm³/mol. The van der Waals surface area contributed by atoms with Gasteiger partial charge in [-0.25, -0.2) is 9.97 Å². The van der Waals surface area contributed by atoms with Crippen LogP contribution >= 0.6 is 0 Å². The van der Waals surface area contributed by atoms with Crippen LogP contribution in [0.3, 0.4) is 0 Å². The van der Waals surface area contributed by atoms with Gasteiger partial charge in [-0.2, -0.15) is 5.26 Å². The fourth-order valence-electron chi connectivity index (χ4n) is 2.22. The second-order valence-electron chi connectivity index (χ2n) is 5.26. The Kier molecular flexibility index (Phi) is 5.05. The lowest BCUT2D eigenvalue weighted by molar-refractivity contribution is 0.102. The third-order valence-electron chi connectivity index (χ3n) is 3.54. The minimum absolute atomic E-state index is 0.286. The number of nitriles is 1. The van der Waals surface area contributed by atoms with Gasteiger partial charge in [-0.1, -0.05) is 18.2 Å². The van der Waals surface area contributed by atoms with Crippen LogP contribution in [0, 0.1) is 11.3 Å². The number of hydrogen-bond acceptors (Lipinski definition) is 6. The van der Waals surface area contributed by atoms with Gasteiger partial charge in [0.05, 0.1) is 23.9 Å². The summed E-state index contributed by atoms with van der Waals surface area (Å²) in [5.41, 5.74) is 1.88. The summed E-state index contributed by atoms with van der Waals surface area (Å²) in [7, 11) is 1.59. The van der Waals surface area contributed by atoms with Crippen LogP contribution in [0.2, 0.25) is 0 Å². The van der Waals surface area contributed by atoms with E-state index >= 15 is 0 Å². The van der Waals surface area contributed by atoms with E-state index < -0.39 is 0 Å². The van der Waals surface area contributed by atoms with E-state index in [2.05, 4.69) is 20.6 Å². The van der Waals surface area contributed by atoms with E-state index in [4.69, 9.17) is 10.00 Å². The molecule has 3 aromatic rings. The lowest BCUT2D eigenvalue weighted by Crippen LogP contribution is -2.14. The molecule has 0 aliphatic carbocycles. The van der Waals surface area contributed by atoms with Gasteiger partial charge in [0.2, 0.25) is 5.95 Å². The van der Waals surface area contributed by atoms with E-state index in [0.29, 0.717) is 22.9 Å². The first kappa shape index (κ1) is 16.9. The number of amides is 1. The normalized spacial score (nSPS) is 9.85. The molecule has 2 aromatic carbocycles. The number of anilines is 3. The number of ether oxygens (including phenoxy) is 1. The fraction of sp³-hybridized carbons (Fsp3) is 0.0526. The first-order chi connectivity index (χ1) is 12.7. The molecule has 2 N–H and O–H groups in total. The number of carbonyl (C=O) groups excluding carboxylic acids is 1. The zero-order valence-electron chi connectivity index (χ0n) is 13.9. The monoisotopic (exact) mass is 345 g/mol. The Labute approximate surface area is 150 Å². The quantitative estimate of drug-likeness (QED) is 0.735. The average molecular weight is 345 g/mol. The number of nitrogens with zero attached hydrogens (tertiary/aromatic N) is 3. The standard InChI is InChI=1S/C19H15N5O2/c1-26-16-7-4-6-15(9-16)23-19-21-11-14(12-22-19)18(25)24-17-8-3-2-5-13(17)10-20/h2-9,11-12H,1H3,(H,24,25)(H,21,22,23). The third-order valence-corrected chi connectivity index (χ3v) is 3.54. The largest absolute Gasteiger partial charge is 0.497 e. The zero-order valence-corrected chi connectivity index (χ0v) is 13.9. The summed E-state index contributed by atoms with van der Waals surface area (Å²) in [4.78, 5) is 20.6. The molecule has 0 aliphatic heterocycles. The van der Waals surface area contributed by atoms with Crippen molar-refractivity contribution in [1.29, 1.82) is 5.26 Å². The molecular weight excluding hydrogens is 330 g/mol. The van der Waals surface area contributed by atoms with Crippen molar-refractivity contribution in [3.05, 3.63) is 72.1 Å². The van der Waals surface area contributed by atoms with Gasteiger partial charge in [0.25, 0.3) is 5.91 Å². The van der Waals surface area contributed by atoms with Crippen LogP contribution in [0.25, 0.3) is 0 Å². The van der Waals surface area contributed by atoms with E-state index in [1.807, 2.05) is 30.3 Å². The van der Waals surface area contributed by atoms with Gasteiger partial charge < -0.3 is 15.4 Å². The van der Waals surface area contributed by atoms with Crippen LogP contribution in [-0.2, 0) is 0 Å². The summed E-state index contributed by atoms with van der Waals surface area (Å²) in [6.07, 6.45) is 2.83. The maximum atomic E-state index is 12.3. The van der Waals surface area contributed by atoms with Gasteiger partial charge in [-0.15, -0.1) is 0 Å². The van der Waals surface area contributed by atoms with Crippen molar-refractivity contribution in [2.24, 2.45) is 0 Å². The first-order valence-corrected chi connectivity index (χ1v) is 7.73. The maximum Gasteiger partial charge on any atom is 0.258 e. The molecule has 1 amide bonds. The molecule has 0 saturated heterocycles. The molecule has 0 fully saturated rings. The second-order valence-corrected chi connectivity index (χ2v) is 5.26. The summed E-state index contributed by atoms with van der Waals surface area (Å²) in [5, 5.41) is 14.8. The summed E-state index contributed by atoms with van der Waals surface area (Å²) >= 11 is 0. The Morgan fingerprint density at radius 2 is 1.88 bits per heavy atom. The fourth-order valence-corrected chi connectivity index (χ4v) is 2.22. The molecule has 1 aromatic heterocycles. The smallest absolute Gasteiger partial charge is 0.258 e. The van der Waals surface area contributed by atoms with Crippen LogP contribution in [-0.4, -0.2) is 23.0 Å². The molecule has 0 unspecified atom stereocenters. The van der Waals surface area contributed by atoms with E-state index in [-0.39, 0.29) is 11.5 Å². The average Bonchev–Trinajstić information content (AvgIpc) is 2.69. The molecule has 3 rings (SSSR count). The molecule has 0 aliphatic rings. The van der Waals surface area contributed by atoms with Crippen LogP contribution in [0.5, 0.6) is 5.75 Å². The van der Waals surface area contributed by atoms with Gasteiger partial charge in [-0.05, 0) is 24.3 Å². The number of methoxy groups -OCH3 is 1. The first-order valence-electron chi connectivity index (χ1n) is 7.73. The predicted octanol–water partition coefficient (Wildman–Crippen LogP) is 3.35. The van der Waals surface area contributed by atoms with Crippen molar-refractivity contribution in [1.82, 2.24) is 9.97 Å². The number of aromatic nitrogens is 2. The summed E-state index contributed by atoms with van der Waals surface area (Å²) in [6.45, 7) is 0. The van der Waals surface area contributed by atoms with Crippen molar-refractivity contribution >= 4 is 23.2 Å². The molecule has 7 heteroatoms. The molecule has 0 bridgehead atoms. The van der Waals surface area contributed by atoms with E-state index in [0.717, 1.165) is 5.69 Å². The van der Waals surface area contributed by atoms with Gasteiger partial charge in [0.15, 0.2) is 0 Å². The molecule has 128 valence electrons. The summed E-state index contributed by atoms with van der Waals surface area (Å²) in [6, 6.07) is 16.1. The van der Waals surface area contributed by atoms with Crippen LogP contribution in [0.1, 0.15) is 15.9 Å². The number of para-hydroxylation sites is 1. The number of rotatable bonds is 5. The molecule has 0 atom stereocenters. The lowest BCUT2D eigenvalue weighted by Gasteiger charge is -2.08. The van der Waals surface area contributed by atoms with E-state index in [9.17, 15) is 4.79 Å². The van der Waals surface area contributed by atoms with Crippen LogP contribution in [0.4, 0.5) is 17.3 Å². The molecular formula is C19H15N5O2. The third kappa shape index (κ3) is 3.94. The number of benzene rings is 2. The minimum atomic E-state index is -0.388. The molecule has 1 heterocycles. The Bertz CT molecular complexity index is 964. The Morgan fingerprint density at radius 3 is 2.62 bits per heavy atom. The molecule has 0 spiro atoms. The Hall–Kier alpha value is -3.92. The highest BCUT2D eigenvalue weighted by Gasteiger charge is 2.10. The molecule has 0 radical (unpaired) electrons. The van der Waals surface area contributed by atoms with Crippen molar-refractivity contribution in [2.45, 2.75) is 0 Å². The molecule has 26 heavy (non-hydrogen) atoms. The number of carbonyl (C=O) groups is 1. The van der Waals surface area contributed by atoms with Crippen molar-refractivity contribution in [3.63, 3.8) is 0 Å². The Morgan fingerprint density at radius 1 is 1.12 bits per heavy atom. The van der Waals surface area contributed by atoms with E-state index in [1.54, 1.807) is 31.4 Å². The van der Waals surface area contributed by atoms with Gasteiger partial charge >= 0.3 is 0 Å². The van der Waals surface area contributed by atoms with Gasteiger partial charge in [0.1, 0.15) is 11.8 Å². The van der Waals surface area contributed by atoms with Crippen LogP contribution in [0.15, 0.2) is 60.9 Å². The highest BCUT2D eigenvalue weighted by Crippen LogP contribution is 2.19. The number of hydrogen-bond donors (Lipinski definition) is 2. The maximum absolute atomic E-state index is 12.3. The number of nitrogens with one attached hydrogen (secondary N) is 2. The summed E-state index contributed by atoms with van der Waals surface area (Å²) in [5.74, 6) is 0.676. The lowest BCUT2D eigenvalue weighted by atomic mass is 10.2. The van der Waals surface area contributed by atoms with Gasteiger partial charge in [-0.3, -0.25) is 4.79 Å². The SMILES string of the molecule is COc1cccc(Nc2ncc(C(=O)Nc3ccccc3C#N)cn2)c1. The van der Waals surface area contributed by atoms with Crippen molar-refractivity contribution < 1.29 is 9.53 Å². The second kappa shape index (κ2) is 7.77. The molecule has 7 nitrogen and oxygen atoms in total. The zero-order chi connectivity index (χ0) is 18.4. The molecule has 0 saturated carbocycles. The van der Waals surface area contributed by atoms with Crippen molar-refractivity contribution in [3.8, 4) is 11.8 Å². The topological polar surface area (TPSA) is 99.9 Å². The Balaban J connectivity index is 1.70. The van der Waals surface area contributed by atoms with E-state index in [1.165, 1.54) is 12.4 Å². The minimum Gasteiger partial charge on any atom is -0.497 e. The van der Waals surface area contributed by atoms with Crippen LogP contribution < -0.4 is 15.4 Å².